The van der Waals surface area contributed by atoms with Gasteiger partial charge in [-0.05, 0) is 23.8 Å². The Balaban J connectivity index is 2.24. The van der Waals surface area contributed by atoms with E-state index in [0.717, 1.165) is 12.1 Å². The predicted octanol–water partition coefficient (Wildman–Crippen LogP) is 2.14. The van der Waals surface area contributed by atoms with Crippen LogP contribution in [0.4, 0.5) is 4.39 Å². The Morgan fingerprint density at radius 2 is 2.36 bits per heavy atom. The number of halogens is 2. The van der Waals surface area contributed by atoms with E-state index >= 15 is 0 Å². The summed E-state index contributed by atoms with van der Waals surface area (Å²) in [5.41, 5.74) is 0.770. The van der Waals surface area contributed by atoms with Crippen molar-refractivity contribution in [1.29, 1.82) is 0 Å². The van der Waals surface area contributed by atoms with E-state index in [9.17, 15) is 4.39 Å². The third-order valence-electron chi connectivity index (χ3n) is 2.26. The summed E-state index contributed by atoms with van der Waals surface area (Å²) in [5, 5.41) is 3.81. The average molecular weight is 216 g/mol. The second-order valence-corrected chi connectivity index (χ2v) is 3.65. The van der Waals surface area contributed by atoms with Crippen molar-refractivity contribution < 1.29 is 9.13 Å². The maximum absolute atomic E-state index is 13.0. The Bertz CT molecular complexity index is 326. The third kappa shape index (κ3) is 2.05. The van der Waals surface area contributed by atoms with E-state index in [1.807, 2.05) is 0 Å². The van der Waals surface area contributed by atoms with Crippen molar-refractivity contribution in [1.82, 2.24) is 5.32 Å². The molecule has 1 atom stereocenters. The standard InChI is InChI=1S/C10H11ClFNO/c11-9-2-1-7(12)5-8(9)10-6-14-4-3-13-10/h1-2,5,10,13H,3-4,6H2/t10-/m0/s1. The summed E-state index contributed by atoms with van der Waals surface area (Å²) in [7, 11) is 0. The van der Waals surface area contributed by atoms with Gasteiger partial charge in [-0.25, -0.2) is 4.39 Å². The minimum absolute atomic E-state index is 0.00644. The van der Waals surface area contributed by atoms with Crippen molar-refractivity contribution in [3.8, 4) is 0 Å². The van der Waals surface area contributed by atoms with E-state index in [1.165, 1.54) is 12.1 Å². The van der Waals surface area contributed by atoms with E-state index in [2.05, 4.69) is 5.32 Å². The molecule has 1 aliphatic heterocycles. The minimum Gasteiger partial charge on any atom is -0.378 e. The fourth-order valence-electron chi connectivity index (χ4n) is 1.55. The van der Waals surface area contributed by atoms with Crippen molar-refractivity contribution >= 4 is 11.6 Å². The lowest BCUT2D eigenvalue weighted by atomic mass is 10.1. The van der Waals surface area contributed by atoms with Gasteiger partial charge in [0.2, 0.25) is 0 Å². The molecule has 0 spiro atoms. The zero-order chi connectivity index (χ0) is 9.97. The second-order valence-electron chi connectivity index (χ2n) is 3.25. The molecule has 1 aromatic carbocycles. The van der Waals surface area contributed by atoms with E-state index in [-0.39, 0.29) is 11.9 Å². The van der Waals surface area contributed by atoms with E-state index < -0.39 is 0 Å². The predicted molar refractivity (Wildman–Crippen MR) is 53.0 cm³/mol. The van der Waals surface area contributed by atoms with Crippen LogP contribution in [-0.4, -0.2) is 19.8 Å². The van der Waals surface area contributed by atoms with Gasteiger partial charge in [-0.1, -0.05) is 11.6 Å². The highest BCUT2D eigenvalue weighted by Crippen LogP contribution is 2.25. The fourth-order valence-corrected chi connectivity index (χ4v) is 1.80. The molecule has 1 aromatic rings. The van der Waals surface area contributed by atoms with Gasteiger partial charge in [-0.15, -0.1) is 0 Å². The van der Waals surface area contributed by atoms with Gasteiger partial charge in [0, 0.05) is 11.6 Å². The molecule has 2 rings (SSSR count). The molecule has 1 aliphatic rings. The maximum Gasteiger partial charge on any atom is 0.123 e. The molecular weight excluding hydrogens is 205 g/mol. The number of ether oxygens (including phenoxy) is 1. The fraction of sp³-hybridized carbons (Fsp3) is 0.400. The normalized spacial score (nSPS) is 22.3. The summed E-state index contributed by atoms with van der Waals surface area (Å²) in [6, 6.07) is 4.39. The molecule has 0 aliphatic carbocycles. The third-order valence-corrected chi connectivity index (χ3v) is 2.60. The number of benzene rings is 1. The van der Waals surface area contributed by atoms with Crippen LogP contribution in [0.15, 0.2) is 18.2 Å². The highest BCUT2D eigenvalue weighted by atomic mass is 35.5. The number of morpholine rings is 1. The van der Waals surface area contributed by atoms with E-state index in [0.29, 0.717) is 18.2 Å². The molecule has 1 saturated heterocycles. The zero-order valence-corrected chi connectivity index (χ0v) is 8.35. The van der Waals surface area contributed by atoms with Crippen molar-refractivity contribution in [2.45, 2.75) is 6.04 Å². The monoisotopic (exact) mass is 215 g/mol. The average Bonchev–Trinajstić information content (AvgIpc) is 2.23. The van der Waals surface area contributed by atoms with Gasteiger partial charge in [-0.3, -0.25) is 0 Å². The van der Waals surface area contributed by atoms with Gasteiger partial charge < -0.3 is 10.1 Å². The summed E-state index contributed by atoms with van der Waals surface area (Å²) in [6.45, 7) is 2.02. The summed E-state index contributed by atoms with van der Waals surface area (Å²) in [4.78, 5) is 0. The SMILES string of the molecule is Fc1ccc(Cl)c([C@@H]2COCCN2)c1. The van der Waals surface area contributed by atoms with Gasteiger partial charge in [0.15, 0.2) is 0 Å². The van der Waals surface area contributed by atoms with Gasteiger partial charge in [-0.2, -0.15) is 0 Å². The molecule has 1 fully saturated rings. The van der Waals surface area contributed by atoms with Crippen LogP contribution in [0.25, 0.3) is 0 Å². The topological polar surface area (TPSA) is 21.3 Å². The first-order chi connectivity index (χ1) is 6.77. The molecule has 0 aromatic heterocycles. The molecule has 1 heterocycles. The Morgan fingerprint density at radius 1 is 1.50 bits per heavy atom. The molecule has 2 nitrogen and oxygen atoms in total. The Labute approximate surface area is 87.0 Å². The molecule has 0 saturated carbocycles. The summed E-state index contributed by atoms with van der Waals surface area (Å²) in [5.74, 6) is -0.267. The van der Waals surface area contributed by atoms with Crippen molar-refractivity contribution in [2.75, 3.05) is 19.8 Å². The lowest BCUT2D eigenvalue weighted by Gasteiger charge is -2.24. The van der Waals surface area contributed by atoms with Crippen LogP contribution in [0.5, 0.6) is 0 Å². The van der Waals surface area contributed by atoms with E-state index in [1.54, 1.807) is 6.07 Å². The Kier molecular flexibility index (Phi) is 3.01. The van der Waals surface area contributed by atoms with Gasteiger partial charge in [0.1, 0.15) is 5.82 Å². The molecule has 0 bridgehead atoms. The number of hydrogen-bond acceptors (Lipinski definition) is 2. The second kappa shape index (κ2) is 4.26. The van der Waals surface area contributed by atoms with Crippen LogP contribution in [0.3, 0.4) is 0 Å². The lowest BCUT2D eigenvalue weighted by Crippen LogP contribution is -2.34. The van der Waals surface area contributed by atoms with Crippen molar-refractivity contribution in [3.05, 3.63) is 34.6 Å². The first-order valence-corrected chi connectivity index (χ1v) is 4.91. The highest BCUT2D eigenvalue weighted by molar-refractivity contribution is 6.31. The highest BCUT2D eigenvalue weighted by Gasteiger charge is 2.18. The first kappa shape index (κ1) is 9.90. The van der Waals surface area contributed by atoms with Gasteiger partial charge in [0.05, 0.1) is 19.3 Å². The molecule has 0 unspecified atom stereocenters. The quantitative estimate of drug-likeness (QED) is 0.775. The molecule has 1 N–H and O–H groups in total. The number of rotatable bonds is 1. The molecule has 76 valence electrons. The summed E-state index contributed by atoms with van der Waals surface area (Å²) < 4.78 is 18.3. The van der Waals surface area contributed by atoms with Crippen LogP contribution in [0.2, 0.25) is 5.02 Å². The molecular formula is C10H11ClFNO. The van der Waals surface area contributed by atoms with Crippen molar-refractivity contribution in [2.24, 2.45) is 0 Å². The van der Waals surface area contributed by atoms with Crippen molar-refractivity contribution in [3.63, 3.8) is 0 Å². The van der Waals surface area contributed by atoms with Gasteiger partial charge in [0.25, 0.3) is 0 Å². The summed E-state index contributed by atoms with van der Waals surface area (Å²) in [6.07, 6.45) is 0. The molecule has 4 heteroatoms. The zero-order valence-electron chi connectivity index (χ0n) is 7.59. The van der Waals surface area contributed by atoms with Gasteiger partial charge >= 0.3 is 0 Å². The minimum atomic E-state index is -0.267. The first-order valence-electron chi connectivity index (χ1n) is 4.53. The van der Waals surface area contributed by atoms with Crippen LogP contribution >= 0.6 is 11.6 Å². The van der Waals surface area contributed by atoms with Crippen LogP contribution in [0.1, 0.15) is 11.6 Å². The lowest BCUT2D eigenvalue weighted by molar-refractivity contribution is 0.0768. The largest absolute Gasteiger partial charge is 0.378 e. The van der Waals surface area contributed by atoms with Crippen LogP contribution in [0, 0.1) is 5.82 Å². The number of hydrogen-bond donors (Lipinski definition) is 1. The van der Waals surface area contributed by atoms with Crippen LogP contribution < -0.4 is 5.32 Å². The molecule has 0 radical (unpaired) electrons. The van der Waals surface area contributed by atoms with Crippen LogP contribution in [-0.2, 0) is 4.74 Å². The van der Waals surface area contributed by atoms with E-state index in [4.69, 9.17) is 16.3 Å². The number of nitrogens with one attached hydrogen (secondary N) is 1. The Hall–Kier alpha value is -0.640. The molecule has 14 heavy (non-hydrogen) atoms. The smallest absolute Gasteiger partial charge is 0.123 e. The molecule has 0 amide bonds. The Morgan fingerprint density at radius 3 is 3.07 bits per heavy atom. The maximum atomic E-state index is 13.0. The summed E-state index contributed by atoms with van der Waals surface area (Å²) >= 11 is 5.97.